The maximum absolute atomic E-state index is 6.11. The number of nitrogens with two attached hydrogens (primary N) is 1. The van der Waals surface area contributed by atoms with E-state index in [0.717, 1.165) is 0 Å². The number of nitrogens with one attached hydrogen (secondary N) is 2. The maximum Gasteiger partial charge on any atom is 0.159 e. The summed E-state index contributed by atoms with van der Waals surface area (Å²) in [6.45, 7) is 4.01. The molecular weight excluding hydrogens is 297 g/mol. The van der Waals surface area contributed by atoms with Crippen molar-refractivity contribution in [3.8, 4) is 0 Å². The summed E-state index contributed by atoms with van der Waals surface area (Å²) in [5.74, 6) is 1.08. The molecule has 2 aromatic rings. The molecule has 0 saturated carbocycles. The third-order valence-electron chi connectivity index (χ3n) is 2.49. The number of aromatic nitrogens is 2. The van der Waals surface area contributed by atoms with Crippen LogP contribution >= 0.6 is 23.2 Å². The highest BCUT2D eigenvalue weighted by Gasteiger charge is 2.10. The molecule has 0 amide bonds. The van der Waals surface area contributed by atoms with Gasteiger partial charge in [-0.15, -0.1) is 0 Å². The van der Waals surface area contributed by atoms with E-state index in [0.29, 0.717) is 33.1 Å². The fourth-order valence-corrected chi connectivity index (χ4v) is 2.06. The van der Waals surface area contributed by atoms with Crippen LogP contribution in [0.2, 0.25) is 10.0 Å². The molecule has 106 valence electrons. The lowest BCUT2D eigenvalue weighted by atomic mass is 10.3. The van der Waals surface area contributed by atoms with Gasteiger partial charge in [0.05, 0.1) is 10.7 Å². The first kappa shape index (κ1) is 14.7. The third-order valence-corrected chi connectivity index (χ3v) is 3.04. The summed E-state index contributed by atoms with van der Waals surface area (Å²) in [7, 11) is 0. The Hall–Kier alpha value is -1.72. The average molecular weight is 312 g/mol. The first-order valence-electron chi connectivity index (χ1n) is 6.06. The smallest absolute Gasteiger partial charge is 0.159 e. The summed E-state index contributed by atoms with van der Waals surface area (Å²) in [5.41, 5.74) is 7.16. The fraction of sp³-hybridized carbons (Fsp3) is 0.231. The maximum atomic E-state index is 6.11. The monoisotopic (exact) mass is 311 g/mol. The van der Waals surface area contributed by atoms with Crippen LogP contribution < -0.4 is 16.4 Å². The summed E-state index contributed by atoms with van der Waals surface area (Å²) in [4.78, 5) is 8.24. The van der Waals surface area contributed by atoms with E-state index in [9.17, 15) is 0 Å². The molecule has 0 atom stereocenters. The molecule has 0 aliphatic carbocycles. The second-order valence-corrected chi connectivity index (χ2v) is 5.38. The van der Waals surface area contributed by atoms with Crippen LogP contribution in [0.4, 0.5) is 23.0 Å². The zero-order valence-corrected chi connectivity index (χ0v) is 12.6. The molecule has 2 rings (SSSR count). The second-order valence-electron chi connectivity index (χ2n) is 4.53. The van der Waals surface area contributed by atoms with E-state index in [-0.39, 0.29) is 6.04 Å². The molecule has 4 N–H and O–H groups in total. The number of nitrogen functional groups attached to an aromatic ring is 1. The number of hydrogen-bond acceptors (Lipinski definition) is 5. The van der Waals surface area contributed by atoms with Crippen LogP contribution in [0.25, 0.3) is 0 Å². The van der Waals surface area contributed by atoms with Crippen molar-refractivity contribution in [2.45, 2.75) is 19.9 Å². The SMILES string of the molecule is CC(C)Nc1ncnc(Nc2ccc(Cl)cc2Cl)c1N. The predicted molar refractivity (Wildman–Crippen MR) is 84.9 cm³/mol. The van der Waals surface area contributed by atoms with Crippen LogP contribution in [0, 0.1) is 0 Å². The van der Waals surface area contributed by atoms with Gasteiger partial charge in [-0.2, -0.15) is 0 Å². The molecule has 20 heavy (non-hydrogen) atoms. The van der Waals surface area contributed by atoms with Crippen molar-refractivity contribution in [1.29, 1.82) is 0 Å². The van der Waals surface area contributed by atoms with Gasteiger partial charge in [-0.1, -0.05) is 23.2 Å². The second kappa shape index (κ2) is 6.15. The lowest BCUT2D eigenvalue weighted by Crippen LogP contribution is -2.14. The van der Waals surface area contributed by atoms with Crippen LogP contribution in [-0.2, 0) is 0 Å². The minimum absolute atomic E-state index is 0.221. The van der Waals surface area contributed by atoms with Gasteiger partial charge in [0, 0.05) is 11.1 Å². The van der Waals surface area contributed by atoms with Crippen molar-refractivity contribution in [3.05, 3.63) is 34.6 Å². The molecule has 7 heteroatoms. The number of benzene rings is 1. The van der Waals surface area contributed by atoms with Crippen molar-refractivity contribution in [2.24, 2.45) is 0 Å². The minimum Gasteiger partial charge on any atom is -0.393 e. The van der Waals surface area contributed by atoms with E-state index in [4.69, 9.17) is 28.9 Å². The molecule has 0 fully saturated rings. The zero-order chi connectivity index (χ0) is 14.7. The molecule has 0 aliphatic rings. The number of anilines is 4. The third kappa shape index (κ3) is 3.43. The summed E-state index contributed by atoms with van der Waals surface area (Å²) >= 11 is 12.0. The van der Waals surface area contributed by atoms with Crippen molar-refractivity contribution < 1.29 is 0 Å². The fourth-order valence-electron chi connectivity index (χ4n) is 1.60. The molecule has 0 bridgehead atoms. The van der Waals surface area contributed by atoms with Gasteiger partial charge in [0.1, 0.15) is 12.0 Å². The Bertz CT molecular complexity index is 616. The molecule has 1 heterocycles. The van der Waals surface area contributed by atoms with Gasteiger partial charge in [-0.3, -0.25) is 0 Å². The van der Waals surface area contributed by atoms with Crippen LogP contribution in [0.15, 0.2) is 24.5 Å². The highest BCUT2D eigenvalue weighted by atomic mass is 35.5. The highest BCUT2D eigenvalue weighted by molar-refractivity contribution is 6.36. The molecule has 0 spiro atoms. The van der Waals surface area contributed by atoms with Crippen molar-refractivity contribution in [1.82, 2.24) is 9.97 Å². The minimum atomic E-state index is 0.221. The van der Waals surface area contributed by atoms with Gasteiger partial charge in [0.2, 0.25) is 0 Å². The highest BCUT2D eigenvalue weighted by Crippen LogP contribution is 2.31. The normalized spacial score (nSPS) is 10.7. The number of halogens is 2. The van der Waals surface area contributed by atoms with Gasteiger partial charge in [-0.25, -0.2) is 9.97 Å². The topological polar surface area (TPSA) is 75.9 Å². The van der Waals surface area contributed by atoms with Crippen LogP contribution in [0.3, 0.4) is 0 Å². The predicted octanol–water partition coefficient (Wildman–Crippen LogP) is 3.93. The number of nitrogens with zero attached hydrogens (tertiary/aromatic N) is 2. The Balaban J connectivity index is 2.29. The number of rotatable bonds is 4. The first-order chi connectivity index (χ1) is 9.47. The van der Waals surface area contributed by atoms with Gasteiger partial charge < -0.3 is 16.4 Å². The quantitative estimate of drug-likeness (QED) is 0.797. The molecule has 1 aromatic carbocycles. The van der Waals surface area contributed by atoms with E-state index in [2.05, 4.69) is 20.6 Å². The van der Waals surface area contributed by atoms with Gasteiger partial charge >= 0.3 is 0 Å². The largest absolute Gasteiger partial charge is 0.393 e. The molecule has 1 aromatic heterocycles. The van der Waals surface area contributed by atoms with Crippen molar-refractivity contribution in [2.75, 3.05) is 16.4 Å². The Labute approximate surface area is 127 Å². The van der Waals surface area contributed by atoms with Gasteiger partial charge in [-0.05, 0) is 32.0 Å². The molecule has 0 radical (unpaired) electrons. The summed E-state index contributed by atoms with van der Waals surface area (Å²) in [6.07, 6.45) is 1.44. The van der Waals surface area contributed by atoms with E-state index in [1.165, 1.54) is 6.33 Å². The molecule has 5 nitrogen and oxygen atoms in total. The Morgan fingerprint density at radius 3 is 2.50 bits per heavy atom. The van der Waals surface area contributed by atoms with Crippen LogP contribution in [0.1, 0.15) is 13.8 Å². The van der Waals surface area contributed by atoms with Crippen molar-refractivity contribution in [3.63, 3.8) is 0 Å². The molecule has 0 aliphatic heterocycles. The average Bonchev–Trinajstić information content (AvgIpc) is 2.36. The lowest BCUT2D eigenvalue weighted by molar-refractivity contribution is 0.887. The Kier molecular flexibility index (Phi) is 4.52. The van der Waals surface area contributed by atoms with E-state index >= 15 is 0 Å². The summed E-state index contributed by atoms with van der Waals surface area (Å²) in [6, 6.07) is 5.37. The van der Waals surface area contributed by atoms with Gasteiger partial charge in [0.15, 0.2) is 11.6 Å². The molecule has 0 saturated heterocycles. The summed E-state index contributed by atoms with van der Waals surface area (Å²) < 4.78 is 0. The van der Waals surface area contributed by atoms with Crippen molar-refractivity contribution >= 4 is 46.2 Å². The van der Waals surface area contributed by atoms with E-state index in [1.54, 1.807) is 18.2 Å². The van der Waals surface area contributed by atoms with Crippen LogP contribution in [-0.4, -0.2) is 16.0 Å². The van der Waals surface area contributed by atoms with E-state index in [1.807, 2.05) is 13.8 Å². The molecule has 0 unspecified atom stereocenters. The molecular formula is C13H15Cl2N5. The Morgan fingerprint density at radius 2 is 1.85 bits per heavy atom. The van der Waals surface area contributed by atoms with Gasteiger partial charge in [0.25, 0.3) is 0 Å². The summed E-state index contributed by atoms with van der Waals surface area (Å²) in [5, 5.41) is 7.29. The zero-order valence-electron chi connectivity index (χ0n) is 11.1. The Morgan fingerprint density at radius 1 is 1.15 bits per heavy atom. The standard InChI is InChI=1S/C13H15Cl2N5/c1-7(2)19-12-11(16)13(18-6-17-12)20-10-4-3-8(14)5-9(10)15/h3-7H,16H2,1-2H3,(H2,17,18,19,20). The van der Waals surface area contributed by atoms with E-state index < -0.39 is 0 Å². The van der Waals surface area contributed by atoms with Crippen LogP contribution in [0.5, 0.6) is 0 Å². The first-order valence-corrected chi connectivity index (χ1v) is 6.82. The number of hydrogen-bond donors (Lipinski definition) is 3. The lowest BCUT2D eigenvalue weighted by Gasteiger charge is -2.14.